The Morgan fingerprint density at radius 2 is 1.21 bits per heavy atom. The van der Waals surface area contributed by atoms with E-state index in [1.54, 1.807) is 12.4 Å². The molecule has 0 aliphatic heterocycles. The Bertz CT molecular complexity index is 1700. The predicted molar refractivity (Wildman–Crippen MR) is 213 cm³/mol. The minimum atomic E-state index is -0.850. The van der Waals surface area contributed by atoms with E-state index in [2.05, 4.69) is 63.4 Å². The summed E-state index contributed by atoms with van der Waals surface area (Å²) in [5.41, 5.74) is 7.25. The van der Waals surface area contributed by atoms with Crippen LogP contribution in [0.1, 0.15) is 68.4 Å². The fourth-order valence-corrected chi connectivity index (χ4v) is 5.49. The minimum Gasteiger partial charge on any atom is -0.395 e. The SMILES string of the molecule is CC(C)Nc1cc(Br)cc(F)c1N.CC(C)Nc1cc(Br)cc(F)c1[N+](=O)[O-].CC(C)n1cnc2c(F)cc(Br)cc21.CCOC(OCC)OCC. The highest BCUT2D eigenvalue weighted by molar-refractivity contribution is 9.11. The number of anilines is 3. The number of hydrogen-bond acceptors (Lipinski definition) is 9. The first-order chi connectivity index (χ1) is 24.4. The summed E-state index contributed by atoms with van der Waals surface area (Å²) in [6.07, 6.45) is 1.67. The molecule has 0 atom stereocenters. The Morgan fingerprint density at radius 3 is 1.67 bits per heavy atom. The third-order valence-electron chi connectivity index (χ3n) is 6.26. The molecule has 4 N–H and O–H groups in total. The van der Waals surface area contributed by atoms with Gasteiger partial charge in [-0.25, -0.2) is 13.8 Å². The number of imidazole rings is 1. The van der Waals surface area contributed by atoms with Gasteiger partial charge in [0.25, 0.3) is 6.48 Å². The van der Waals surface area contributed by atoms with Gasteiger partial charge in [-0.1, -0.05) is 47.8 Å². The number of hydrogen-bond donors (Lipinski definition) is 3. The summed E-state index contributed by atoms with van der Waals surface area (Å²) in [5, 5.41) is 16.5. The van der Waals surface area contributed by atoms with Crippen LogP contribution in [0.4, 0.5) is 35.9 Å². The summed E-state index contributed by atoms with van der Waals surface area (Å²) in [6.45, 7) is 18.8. The van der Waals surface area contributed by atoms with Crippen molar-refractivity contribution < 1.29 is 32.3 Å². The van der Waals surface area contributed by atoms with E-state index >= 15 is 0 Å². The highest BCUT2D eigenvalue weighted by Crippen LogP contribution is 2.32. The molecule has 1 aromatic heterocycles. The molecule has 290 valence electrons. The van der Waals surface area contributed by atoms with Gasteiger partial charge in [-0.15, -0.1) is 0 Å². The quantitative estimate of drug-likeness (QED) is 0.0548. The molecule has 4 aromatic rings. The van der Waals surface area contributed by atoms with Gasteiger partial charge in [-0.05, 0) is 98.7 Å². The zero-order valence-electron chi connectivity index (χ0n) is 30.7. The molecule has 3 aromatic carbocycles. The zero-order valence-corrected chi connectivity index (χ0v) is 35.5. The second-order valence-corrected chi connectivity index (χ2v) is 14.4. The number of fused-ring (bicyclic) bond motifs is 1. The molecular weight excluding hydrogens is 881 g/mol. The number of nitro benzene ring substituents is 1. The Balaban J connectivity index is 0.000000350. The van der Waals surface area contributed by atoms with Crippen molar-refractivity contribution in [2.45, 2.75) is 86.9 Å². The number of nitrogens with one attached hydrogen (secondary N) is 2. The van der Waals surface area contributed by atoms with Gasteiger partial charge < -0.3 is 35.1 Å². The molecule has 0 amide bonds. The van der Waals surface area contributed by atoms with Crippen LogP contribution in [-0.4, -0.2) is 52.9 Å². The molecule has 1 heterocycles. The van der Waals surface area contributed by atoms with Crippen molar-refractivity contribution in [3.05, 3.63) is 83.7 Å². The standard InChI is InChI=1S/C10H10BrFN2.C9H10BrFN2O2.C9H12BrFN2.C7H16O3/c1-6(2)14-5-13-10-8(12)3-7(11)4-9(10)14;1-5(2)12-8-4-6(10)3-7(11)9(8)13(14)15;1-5(2)13-8-4-6(10)3-7(11)9(8)12;1-4-8-7(9-5-2)10-6-3/h3-6H,1-2H3;3-5,12H,1-2H3;3-5,13H,12H2,1-2H3;7H,4-6H2,1-3H3. The number of ether oxygens (including phenoxy) is 3. The molecule has 0 radical (unpaired) electrons. The van der Waals surface area contributed by atoms with Crippen LogP contribution in [0.5, 0.6) is 0 Å². The van der Waals surface area contributed by atoms with E-state index in [0.717, 1.165) is 16.1 Å². The number of nitrogens with zero attached hydrogens (tertiary/aromatic N) is 3. The molecule has 4 rings (SSSR count). The second-order valence-electron chi connectivity index (χ2n) is 11.6. The average Bonchev–Trinajstić information content (AvgIpc) is 3.45. The van der Waals surface area contributed by atoms with E-state index in [1.807, 2.05) is 72.9 Å². The number of benzene rings is 3. The lowest BCUT2D eigenvalue weighted by Crippen LogP contribution is -2.20. The third kappa shape index (κ3) is 16.0. The van der Waals surface area contributed by atoms with Gasteiger partial charge in [0, 0.05) is 51.4 Å². The van der Waals surface area contributed by atoms with Crippen molar-refractivity contribution in [3.8, 4) is 0 Å². The topological polar surface area (TPSA) is 139 Å². The van der Waals surface area contributed by atoms with Crippen LogP contribution in [0.25, 0.3) is 11.0 Å². The van der Waals surface area contributed by atoms with Crippen LogP contribution < -0.4 is 16.4 Å². The molecule has 0 spiro atoms. The monoisotopic (exact) mass is 926 g/mol. The van der Waals surface area contributed by atoms with Crippen molar-refractivity contribution in [1.29, 1.82) is 0 Å². The molecule has 0 aliphatic rings. The number of halogens is 6. The van der Waals surface area contributed by atoms with Crippen LogP contribution >= 0.6 is 47.8 Å². The largest absolute Gasteiger partial charge is 0.395 e. The number of nitrogens with two attached hydrogens (primary N) is 1. The zero-order chi connectivity index (χ0) is 39.7. The molecule has 11 nitrogen and oxygen atoms in total. The molecule has 0 unspecified atom stereocenters. The van der Waals surface area contributed by atoms with Crippen molar-refractivity contribution in [2.24, 2.45) is 0 Å². The molecule has 0 fully saturated rings. The summed E-state index contributed by atoms with van der Waals surface area (Å²) in [7, 11) is 0. The second kappa shape index (κ2) is 23.7. The average molecular weight is 930 g/mol. The number of nitrogen functional groups attached to an aromatic ring is 1. The van der Waals surface area contributed by atoms with E-state index in [4.69, 9.17) is 19.9 Å². The van der Waals surface area contributed by atoms with Crippen LogP contribution in [0.15, 0.2) is 56.1 Å². The lowest BCUT2D eigenvalue weighted by molar-refractivity contribution is -0.386. The smallest absolute Gasteiger partial charge is 0.327 e. The van der Waals surface area contributed by atoms with Gasteiger partial charge in [0.05, 0.1) is 28.1 Å². The molecule has 0 bridgehead atoms. The number of aromatic nitrogens is 2. The fourth-order valence-electron chi connectivity index (χ4n) is 4.21. The molecule has 52 heavy (non-hydrogen) atoms. The summed E-state index contributed by atoms with van der Waals surface area (Å²) in [5.74, 6) is -1.54. The summed E-state index contributed by atoms with van der Waals surface area (Å²) in [4.78, 5) is 14.0. The van der Waals surface area contributed by atoms with Gasteiger partial charge in [0.1, 0.15) is 17.0 Å². The first-order valence-corrected chi connectivity index (χ1v) is 18.8. The summed E-state index contributed by atoms with van der Waals surface area (Å²) >= 11 is 9.56. The van der Waals surface area contributed by atoms with Crippen LogP contribution in [0.3, 0.4) is 0 Å². The van der Waals surface area contributed by atoms with Gasteiger partial charge in [-0.2, -0.15) is 4.39 Å². The first-order valence-electron chi connectivity index (χ1n) is 16.4. The lowest BCUT2D eigenvalue weighted by Gasteiger charge is -2.15. The van der Waals surface area contributed by atoms with Crippen molar-refractivity contribution in [3.63, 3.8) is 0 Å². The van der Waals surface area contributed by atoms with Crippen LogP contribution in [-0.2, 0) is 14.2 Å². The summed E-state index contributed by atoms with van der Waals surface area (Å²) < 4.78 is 58.9. The Hall–Kier alpha value is -2.96. The highest BCUT2D eigenvalue weighted by Gasteiger charge is 2.21. The van der Waals surface area contributed by atoms with Crippen molar-refractivity contribution in [1.82, 2.24) is 9.55 Å². The minimum absolute atomic E-state index is 0.00241. The maximum atomic E-state index is 13.4. The van der Waals surface area contributed by atoms with E-state index in [1.165, 1.54) is 18.2 Å². The van der Waals surface area contributed by atoms with Gasteiger partial charge in [0.2, 0.25) is 5.82 Å². The Labute approximate surface area is 328 Å². The summed E-state index contributed by atoms with van der Waals surface area (Å²) in [6, 6.07) is 9.50. The number of nitro groups is 1. The Morgan fingerprint density at radius 1 is 0.769 bits per heavy atom. The highest BCUT2D eigenvalue weighted by atomic mass is 79.9. The molecule has 0 saturated heterocycles. The van der Waals surface area contributed by atoms with E-state index < -0.39 is 28.7 Å². The Kier molecular flexibility index (Phi) is 21.4. The molecule has 0 saturated carbocycles. The molecule has 0 aliphatic carbocycles. The van der Waals surface area contributed by atoms with Crippen molar-refractivity contribution >= 4 is 81.6 Å². The molecule has 17 heteroatoms. The van der Waals surface area contributed by atoms with Crippen LogP contribution in [0, 0.1) is 27.6 Å². The van der Waals surface area contributed by atoms with Crippen molar-refractivity contribution in [2.75, 3.05) is 36.2 Å². The molecular formula is C35H48Br3F3N6O5. The predicted octanol–water partition coefficient (Wildman–Crippen LogP) is 11.2. The fraction of sp³-hybridized carbons (Fsp3) is 0.457. The first kappa shape index (κ1) is 47.1. The van der Waals surface area contributed by atoms with Gasteiger partial charge in [-0.3, -0.25) is 10.1 Å². The van der Waals surface area contributed by atoms with E-state index in [9.17, 15) is 23.3 Å². The van der Waals surface area contributed by atoms with Crippen LogP contribution in [0.2, 0.25) is 0 Å². The van der Waals surface area contributed by atoms with E-state index in [0.29, 0.717) is 40.0 Å². The normalized spacial score (nSPS) is 10.8. The number of rotatable bonds is 12. The van der Waals surface area contributed by atoms with Gasteiger partial charge in [0.15, 0.2) is 5.82 Å². The maximum absolute atomic E-state index is 13.4. The maximum Gasteiger partial charge on any atom is 0.327 e. The van der Waals surface area contributed by atoms with Gasteiger partial charge >= 0.3 is 5.69 Å². The van der Waals surface area contributed by atoms with E-state index in [-0.39, 0.29) is 35.3 Å². The third-order valence-corrected chi connectivity index (χ3v) is 7.63. The lowest BCUT2D eigenvalue weighted by atomic mass is 10.2.